The van der Waals surface area contributed by atoms with Crippen LogP contribution in [0.4, 0.5) is 0 Å². The summed E-state index contributed by atoms with van der Waals surface area (Å²) in [7, 11) is -3.35. The van der Waals surface area contributed by atoms with Crippen molar-refractivity contribution in [3.63, 3.8) is 0 Å². The van der Waals surface area contributed by atoms with E-state index in [0.717, 1.165) is 18.6 Å². The van der Waals surface area contributed by atoms with Crippen LogP contribution in [0.1, 0.15) is 61.3 Å². The molecular weight excluding hydrogens is 416 g/mol. The fourth-order valence-corrected chi connectivity index (χ4v) is 11.2. The van der Waals surface area contributed by atoms with E-state index in [0.29, 0.717) is 34.9 Å². The summed E-state index contributed by atoms with van der Waals surface area (Å²) in [5.74, 6) is 3.76. The van der Waals surface area contributed by atoms with Gasteiger partial charge in [-0.25, -0.2) is 0 Å². The molecular formula is C26H48O3Si2. The molecule has 0 amide bonds. The van der Waals surface area contributed by atoms with Crippen molar-refractivity contribution in [1.82, 2.24) is 0 Å². The first-order valence-corrected chi connectivity index (χ1v) is 17.7. The lowest BCUT2D eigenvalue weighted by atomic mass is 9.84. The highest BCUT2D eigenvalue weighted by atomic mass is 28.4. The summed E-state index contributed by atoms with van der Waals surface area (Å²) in [5.41, 5.74) is 5.80. The van der Waals surface area contributed by atoms with Crippen LogP contribution in [0.2, 0.25) is 36.3 Å². The van der Waals surface area contributed by atoms with Crippen molar-refractivity contribution in [1.29, 1.82) is 0 Å². The van der Waals surface area contributed by atoms with E-state index in [4.69, 9.17) is 4.43 Å². The van der Waals surface area contributed by atoms with Crippen LogP contribution in [0.5, 0.6) is 0 Å². The summed E-state index contributed by atoms with van der Waals surface area (Å²) in [6.45, 7) is 23.5. The van der Waals surface area contributed by atoms with E-state index in [9.17, 15) is 10.2 Å². The molecule has 4 atom stereocenters. The van der Waals surface area contributed by atoms with Crippen molar-refractivity contribution in [3.05, 3.63) is 23.8 Å². The Balaban J connectivity index is 2.85. The van der Waals surface area contributed by atoms with E-state index in [1.165, 1.54) is 0 Å². The summed E-state index contributed by atoms with van der Waals surface area (Å²) in [6.07, 6.45) is 5.75. The Labute approximate surface area is 194 Å². The number of rotatable bonds is 10. The molecule has 5 heteroatoms. The lowest BCUT2D eigenvalue weighted by molar-refractivity contribution is 0.0467. The summed E-state index contributed by atoms with van der Waals surface area (Å²) >= 11 is 0. The maximum absolute atomic E-state index is 10.7. The molecule has 0 spiro atoms. The number of aliphatic hydroxyl groups is 2. The van der Waals surface area contributed by atoms with Crippen LogP contribution < -0.4 is 0 Å². The predicted octanol–water partition coefficient (Wildman–Crippen LogP) is 6.31. The SMILES string of the molecule is CC(C)[Si](OC[C@@H](C)[C@@H]1C=C([C@H](O)[C@H](O)CC#C[Si](C)(C)C)C=CC1)(C(C)C)C(C)C. The van der Waals surface area contributed by atoms with Gasteiger partial charge >= 0.3 is 0 Å². The Morgan fingerprint density at radius 3 is 2.03 bits per heavy atom. The second-order valence-corrected chi connectivity index (χ2v) is 21.6. The zero-order chi connectivity index (χ0) is 24.0. The standard InChI is InChI=1S/C26H48O3Si2/c1-19(2)31(20(3)4,21(5)6)29-18-22(7)23-13-11-14-24(17-23)26(28)25(27)15-12-16-30(8,9)10/h11,14,17,19-23,25-28H,13,15,18H2,1-10H3/t22-,23+,25-,26+/m1/s1. The van der Waals surface area contributed by atoms with E-state index in [2.05, 4.69) is 91.7 Å². The van der Waals surface area contributed by atoms with Gasteiger partial charge in [0.15, 0.2) is 8.32 Å². The zero-order valence-electron chi connectivity index (χ0n) is 21.7. The van der Waals surface area contributed by atoms with Crippen molar-refractivity contribution < 1.29 is 14.6 Å². The third-order valence-corrected chi connectivity index (χ3v) is 13.6. The molecule has 1 rings (SSSR count). The molecule has 0 saturated carbocycles. The molecule has 0 heterocycles. The fourth-order valence-electron chi connectivity index (χ4n) is 4.98. The Hall–Kier alpha value is -0.646. The summed E-state index contributed by atoms with van der Waals surface area (Å²) in [5, 5.41) is 21.2. The van der Waals surface area contributed by atoms with E-state index in [-0.39, 0.29) is 0 Å². The van der Waals surface area contributed by atoms with Gasteiger partial charge in [0.2, 0.25) is 0 Å². The fraction of sp³-hybridized carbons (Fsp3) is 0.769. The minimum absolute atomic E-state index is 0.311. The highest BCUT2D eigenvalue weighted by Gasteiger charge is 2.45. The molecule has 1 aliphatic carbocycles. The Kier molecular flexibility index (Phi) is 11.0. The average molecular weight is 465 g/mol. The monoisotopic (exact) mass is 464 g/mol. The van der Waals surface area contributed by atoms with Crippen LogP contribution in [-0.2, 0) is 4.43 Å². The lowest BCUT2D eigenvalue weighted by Crippen LogP contribution is -2.48. The van der Waals surface area contributed by atoms with Gasteiger partial charge in [-0.3, -0.25) is 0 Å². The first-order valence-electron chi connectivity index (χ1n) is 12.1. The number of allylic oxidation sites excluding steroid dienone is 2. The van der Waals surface area contributed by atoms with Gasteiger partial charge in [-0.05, 0) is 40.5 Å². The maximum atomic E-state index is 10.7. The van der Waals surface area contributed by atoms with Gasteiger partial charge in [-0.1, -0.05) is 86.3 Å². The first kappa shape index (κ1) is 28.4. The van der Waals surface area contributed by atoms with Crippen LogP contribution >= 0.6 is 0 Å². The topological polar surface area (TPSA) is 49.7 Å². The molecule has 0 radical (unpaired) electrons. The molecule has 0 aliphatic heterocycles. The average Bonchev–Trinajstić information content (AvgIpc) is 2.65. The van der Waals surface area contributed by atoms with Gasteiger partial charge in [-0.15, -0.1) is 11.5 Å². The van der Waals surface area contributed by atoms with Crippen molar-refractivity contribution in [2.24, 2.45) is 11.8 Å². The van der Waals surface area contributed by atoms with Crippen LogP contribution in [0, 0.1) is 23.3 Å². The van der Waals surface area contributed by atoms with E-state index >= 15 is 0 Å². The normalized spacial score (nSPS) is 20.5. The van der Waals surface area contributed by atoms with Gasteiger partial charge in [0, 0.05) is 13.0 Å². The summed E-state index contributed by atoms with van der Waals surface area (Å²) in [6, 6.07) is 0. The Morgan fingerprint density at radius 2 is 1.55 bits per heavy atom. The molecule has 3 nitrogen and oxygen atoms in total. The van der Waals surface area contributed by atoms with Crippen molar-refractivity contribution in [2.45, 2.75) is 110 Å². The third-order valence-electron chi connectivity index (χ3n) is 6.64. The highest BCUT2D eigenvalue weighted by Crippen LogP contribution is 2.43. The molecule has 0 saturated heterocycles. The summed E-state index contributed by atoms with van der Waals surface area (Å²) < 4.78 is 6.82. The Bertz CT molecular complexity index is 655. The molecule has 0 fully saturated rings. The van der Waals surface area contributed by atoms with E-state index in [1.807, 2.05) is 6.08 Å². The predicted molar refractivity (Wildman–Crippen MR) is 139 cm³/mol. The number of hydrogen-bond acceptors (Lipinski definition) is 3. The van der Waals surface area contributed by atoms with Gasteiger partial charge in [0.05, 0.1) is 6.10 Å². The zero-order valence-corrected chi connectivity index (χ0v) is 23.7. The van der Waals surface area contributed by atoms with Gasteiger partial charge < -0.3 is 14.6 Å². The lowest BCUT2D eigenvalue weighted by Gasteiger charge is -2.43. The van der Waals surface area contributed by atoms with E-state index < -0.39 is 28.6 Å². The van der Waals surface area contributed by atoms with Gasteiger partial charge in [0.25, 0.3) is 0 Å². The molecule has 31 heavy (non-hydrogen) atoms. The molecule has 0 unspecified atom stereocenters. The van der Waals surface area contributed by atoms with Crippen LogP contribution in [0.15, 0.2) is 23.8 Å². The second kappa shape index (κ2) is 12.0. The Morgan fingerprint density at radius 1 is 1.00 bits per heavy atom. The van der Waals surface area contributed by atoms with Gasteiger partial charge in [-0.2, -0.15) is 0 Å². The minimum atomic E-state index is -1.88. The highest BCUT2D eigenvalue weighted by molar-refractivity contribution is 6.83. The van der Waals surface area contributed by atoms with Crippen LogP contribution in [0.3, 0.4) is 0 Å². The quantitative estimate of drug-likeness (QED) is 0.294. The molecule has 0 aromatic heterocycles. The maximum Gasteiger partial charge on any atom is 0.200 e. The van der Waals surface area contributed by atoms with Gasteiger partial charge in [0.1, 0.15) is 14.2 Å². The molecule has 1 aliphatic rings. The largest absolute Gasteiger partial charge is 0.416 e. The van der Waals surface area contributed by atoms with Crippen molar-refractivity contribution >= 4 is 16.4 Å². The molecule has 178 valence electrons. The van der Waals surface area contributed by atoms with Crippen molar-refractivity contribution in [3.8, 4) is 11.5 Å². The van der Waals surface area contributed by atoms with E-state index in [1.54, 1.807) is 0 Å². The number of aliphatic hydroxyl groups excluding tert-OH is 2. The third kappa shape index (κ3) is 8.01. The minimum Gasteiger partial charge on any atom is -0.416 e. The van der Waals surface area contributed by atoms with Crippen molar-refractivity contribution in [2.75, 3.05) is 6.61 Å². The smallest absolute Gasteiger partial charge is 0.200 e. The molecule has 0 aromatic carbocycles. The molecule has 2 N–H and O–H groups in total. The summed E-state index contributed by atoms with van der Waals surface area (Å²) in [4.78, 5) is 0. The second-order valence-electron chi connectivity index (χ2n) is 11.3. The molecule has 0 aromatic rings. The molecule has 0 bridgehead atoms. The van der Waals surface area contributed by atoms with Crippen LogP contribution in [0.25, 0.3) is 0 Å². The first-order chi connectivity index (χ1) is 14.2. The number of hydrogen-bond donors (Lipinski definition) is 2. The van der Waals surface area contributed by atoms with Crippen LogP contribution in [-0.4, -0.2) is 45.4 Å².